The molecule has 0 saturated carbocycles. The van der Waals surface area contributed by atoms with Crippen LogP contribution in [0.4, 0.5) is 0 Å². The molecule has 0 aliphatic carbocycles. The molecule has 6 saturated heterocycles. The average Bonchev–Trinajstić information content (AvgIpc) is 2.85. The second-order valence-corrected chi connectivity index (χ2v) is 10.2. The molecule has 4 bridgehead atoms. The van der Waals surface area contributed by atoms with Gasteiger partial charge in [-0.1, -0.05) is 51.4 Å². The number of carbonyl (C=O) groups is 6. The minimum Gasteiger partial charge on any atom is -0.343 e. The third-order valence-corrected chi connectivity index (χ3v) is 7.22. The highest BCUT2D eigenvalue weighted by atomic mass is 16.2. The summed E-state index contributed by atoms with van der Waals surface area (Å²) in [6.45, 7) is 0.510. The second-order valence-electron chi connectivity index (χ2n) is 10.2. The Bertz CT molecular complexity index is 776. The van der Waals surface area contributed by atoms with Gasteiger partial charge in [0.05, 0.1) is 13.1 Å². The quantitative estimate of drug-likeness (QED) is 0.383. The fourth-order valence-electron chi connectivity index (χ4n) is 4.86. The number of nitrogens with zero attached hydrogens (tertiary/aromatic N) is 2. The molecule has 0 unspecified atom stereocenters. The minimum atomic E-state index is -0.584. The first-order valence-corrected chi connectivity index (χ1v) is 13.6. The maximum absolute atomic E-state index is 12.3. The summed E-state index contributed by atoms with van der Waals surface area (Å²) in [5.41, 5.74) is 0. The Labute approximate surface area is 212 Å². The van der Waals surface area contributed by atoms with Crippen molar-refractivity contribution in [3.8, 4) is 0 Å². The van der Waals surface area contributed by atoms with Crippen LogP contribution in [-0.2, 0) is 28.8 Å². The molecule has 6 rings (SSSR count). The molecule has 6 aliphatic heterocycles. The Morgan fingerprint density at radius 2 is 0.750 bits per heavy atom. The Morgan fingerprint density at radius 1 is 0.444 bits per heavy atom. The lowest BCUT2D eigenvalue weighted by molar-refractivity contribution is -0.158. The van der Waals surface area contributed by atoms with Crippen molar-refractivity contribution in [3.05, 3.63) is 0 Å². The Hall–Kier alpha value is -2.78. The van der Waals surface area contributed by atoms with Crippen LogP contribution in [-0.4, -0.2) is 70.4 Å². The van der Waals surface area contributed by atoms with Crippen LogP contribution in [0.5, 0.6) is 0 Å². The average molecular weight is 505 g/mol. The van der Waals surface area contributed by atoms with Gasteiger partial charge in [-0.3, -0.25) is 38.6 Å². The van der Waals surface area contributed by atoms with E-state index < -0.39 is 12.1 Å². The van der Waals surface area contributed by atoms with Gasteiger partial charge in [0.25, 0.3) is 11.8 Å². The SMILES string of the molecule is O=C1CCCCCCCCC(=O)N[C@H]2CN(C(=O)CCCCCCCCC(=O)N3C[C@H](N1)C3=O)C2=O. The summed E-state index contributed by atoms with van der Waals surface area (Å²) in [6.07, 6.45) is 11.5. The Morgan fingerprint density at radius 3 is 1.08 bits per heavy atom. The van der Waals surface area contributed by atoms with Gasteiger partial charge >= 0.3 is 0 Å². The second kappa shape index (κ2) is 14.1. The zero-order valence-corrected chi connectivity index (χ0v) is 21.2. The maximum atomic E-state index is 12.3. The summed E-state index contributed by atoms with van der Waals surface area (Å²) in [4.78, 5) is 75.7. The third-order valence-electron chi connectivity index (χ3n) is 7.22. The van der Waals surface area contributed by atoms with Gasteiger partial charge in [-0.2, -0.15) is 0 Å². The van der Waals surface area contributed by atoms with Gasteiger partial charge in [-0.05, 0) is 25.7 Å². The lowest BCUT2D eigenvalue weighted by atomic mass is 10.0. The van der Waals surface area contributed by atoms with Gasteiger partial charge in [-0.25, -0.2) is 0 Å². The summed E-state index contributed by atoms with van der Waals surface area (Å²) in [7, 11) is 0. The Balaban J connectivity index is 1.41. The van der Waals surface area contributed by atoms with E-state index in [2.05, 4.69) is 10.6 Å². The number of carbonyl (C=O) groups excluding carboxylic acids is 6. The minimum absolute atomic E-state index is 0.156. The molecule has 6 amide bonds. The van der Waals surface area contributed by atoms with E-state index in [-0.39, 0.29) is 48.5 Å². The monoisotopic (exact) mass is 504 g/mol. The van der Waals surface area contributed by atoms with Crippen LogP contribution in [0.3, 0.4) is 0 Å². The molecule has 200 valence electrons. The topological polar surface area (TPSA) is 133 Å². The lowest BCUT2D eigenvalue weighted by Crippen LogP contribution is -2.65. The van der Waals surface area contributed by atoms with Crippen molar-refractivity contribution in [3.63, 3.8) is 0 Å². The number of imide groups is 2. The van der Waals surface area contributed by atoms with Crippen molar-refractivity contribution in [1.82, 2.24) is 20.4 Å². The smallest absolute Gasteiger partial charge is 0.253 e. The number of amides is 6. The van der Waals surface area contributed by atoms with Crippen LogP contribution in [0, 0.1) is 0 Å². The van der Waals surface area contributed by atoms with E-state index in [4.69, 9.17) is 0 Å². The van der Waals surface area contributed by atoms with Crippen LogP contribution in [0.15, 0.2) is 0 Å². The highest BCUT2D eigenvalue weighted by Crippen LogP contribution is 2.18. The number of hydrogen-bond acceptors (Lipinski definition) is 6. The van der Waals surface area contributed by atoms with E-state index in [1.807, 2.05) is 0 Å². The normalized spacial score (nSPS) is 27.2. The molecule has 2 N–H and O–H groups in total. The Kier molecular flexibility index (Phi) is 10.9. The first-order chi connectivity index (χ1) is 17.4. The van der Waals surface area contributed by atoms with Crippen molar-refractivity contribution < 1.29 is 28.8 Å². The van der Waals surface area contributed by atoms with Crippen LogP contribution in [0.25, 0.3) is 0 Å². The van der Waals surface area contributed by atoms with Crippen molar-refractivity contribution >= 4 is 35.4 Å². The van der Waals surface area contributed by atoms with Crippen LogP contribution >= 0.6 is 0 Å². The molecule has 10 heteroatoms. The molecule has 10 nitrogen and oxygen atoms in total. The molecule has 6 heterocycles. The molecule has 0 aromatic rings. The molecule has 0 aromatic heterocycles. The molecular formula is C26H40N4O6. The van der Waals surface area contributed by atoms with Gasteiger partial charge in [0.1, 0.15) is 12.1 Å². The van der Waals surface area contributed by atoms with Gasteiger partial charge in [0.15, 0.2) is 0 Å². The molecular weight excluding hydrogens is 464 g/mol. The number of β-lactam (4-membered cyclic amide) rings is 2. The van der Waals surface area contributed by atoms with Crippen LogP contribution in [0.1, 0.15) is 103 Å². The highest BCUT2D eigenvalue weighted by Gasteiger charge is 2.42. The number of nitrogens with one attached hydrogen (secondary N) is 2. The van der Waals surface area contributed by atoms with Crippen molar-refractivity contribution in [2.45, 2.75) is 115 Å². The number of hydrogen-bond donors (Lipinski definition) is 2. The molecule has 6 fully saturated rings. The summed E-state index contributed by atoms with van der Waals surface area (Å²) >= 11 is 0. The van der Waals surface area contributed by atoms with E-state index in [1.54, 1.807) is 0 Å². The first kappa shape index (κ1) is 27.8. The van der Waals surface area contributed by atoms with Crippen molar-refractivity contribution in [1.29, 1.82) is 0 Å². The highest BCUT2D eigenvalue weighted by molar-refractivity contribution is 6.05. The summed E-state index contributed by atoms with van der Waals surface area (Å²) in [6, 6.07) is -1.17. The van der Waals surface area contributed by atoms with E-state index in [0.29, 0.717) is 38.5 Å². The van der Waals surface area contributed by atoms with E-state index in [9.17, 15) is 28.8 Å². The zero-order chi connectivity index (χ0) is 25.9. The summed E-state index contributed by atoms with van der Waals surface area (Å²) < 4.78 is 0. The van der Waals surface area contributed by atoms with Gasteiger partial charge in [-0.15, -0.1) is 0 Å². The van der Waals surface area contributed by atoms with Gasteiger partial charge in [0, 0.05) is 25.7 Å². The summed E-state index contributed by atoms with van der Waals surface area (Å²) in [5.74, 6) is -1.31. The third kappa shape index (κ3) is 8.13. The van der Waals surface area contributed by atoms with E-state index >= 15 is 0 Å². The number of rotatable bonds is 0. The predicted molar refractivity (Wildman–Crippen MR) is 131 cm³/mol. The fraction of sp³-hybridized carbons (Fsp3) is 0.769. The maximum Gasteiger partial charge on any atom is 0.253 e. The van der Waals surface area contributed by atoms with E-state index in [1.165, 1.54) is 9.80 Å². The molecule has 36 heavy (non-hydrogen) atoms. The molecule has 0 spiro atoms. The predicted octanol–water partition coefficient (Wildman–Crippen LogP) is 1.95. The molecule has 0 aromatic carbocycles. The molecule has 0 radical (unpaired) electrons. The van der Waals surface area contributed by atoms with Gasteiger partial charge < -0.3 is 10.6 Å². The van der Waals surface area contributed by atoms with Gasteiger partial charge in [0.2, 0.25) is 23.6 Å². The van der Waals surface area contributed by atoms with E-state index in [0.717, 1.165) is 64.2 Å². The van der Waals surface area contributed by atoms with Crippen LogP contribution in [0.2, 0.25) is 0 Å². The molecule has 6 aliphatic rings. The zero-order valence-electron chi connectivity index (χ0n) is 21.2. The van der Waals surface area contributed by atoms with Crippen molar-refractivity contribution in [2.75, 3.05) is 13.1 Å². The summed E-state index contributed by atoms with van der Waals surface area (Å²) in [5, 5.41) is 5.45. The lowest BCUT2D eigenvalue weighted by Gasteiger charge is -2.37. The standard InChI is InChI=1S/C26H40N4O6/c31-21-13-9-5-1-2-6-10-14-22(32)28-20-18-30(26(20)36)24(34)16-12-8-4-3-7-11-15-23(33)29-17-19(27-21)25(29)35/h19-20H,1-18H2,(H,27,31)(H,28,32)/t19-,20-/m0/s1. The molecule has 2 atom stereocenters. The van der Waals surface area contributed by atoms with Crippen molar-refractivity contribution in [2.24, 2.45) is 0 Å². The largest absolute Gasteiger partial charge is 0.343 e. The fourth-order valence-corrected chi connectivity index (χ4v) is 4.86. The van der Waals surface area contributed by atoms with Crippen LogP contribution < -0.4 is 10.6 Å². The first-order valence-electron chi connectivity index (χ1n) is 13.6.